The molecule has 1 aromatic rings. The Labute approximate surface area is 102 Å². The van der Waals surface area contributed by atoms with Crippen LogP contribution in [-0.4, -0.2) is 18.4 Å². The fourth-order valence-electron chi connectivity index (χ4n) is 1.76. The van der Waals surface area contributed by atoms with Crippen molar-refractivity contribution >= 4 is 11.8 Å². The quantitative estimate of drug-likeness (QED) is 0.869. The third-order valence-corrected chi connectivity index (χ3v) is 3.96. The fraction of sp³-hybridized carbons (Fsp3) is 0.538. The van der Waals surface area contributed by atoms with Gasteiger partial charge in [-0.15, -0.1) is 11.8 Å². The number of hydrogen-bond acceptors (Lipinski definition) is 3. The Kier molecular flexibility index (Phi) is 4.13. The second kappa shape index (κ2) is 5.60. The summed E-state index contributed by atoms with van der Waals surface area (Å²) in [7, 11) is 0. The number of nitrogens with one attached hydrogen (secondary N) is 1. The summed E-state index contributed by atoms with van der Waals surface area (Å²) >= 11 is 1.99. The second-order valence-corrected chi connectivity index (χ2v) is 5.70. The van der Waals surface area contributed by atoms with Crippen LogP contribution < -0.4 is 10.1 Å². The van der Waals surface area contributed by atoms with E-state index in [4.69, 9.17) is 4.74 Å². The molecule has 0 aliphatic carbocycles. The van der Waals surface area contributed by atoms with Crippen molar-refractivity contribution in [3.8, 4) is 5.75 Å². The van der Waals surface area contributed by atoms with Crippen molar-refractivity contribution in [3.05, 3.63) is 29.8 Å². The summed E-state index contributed by atoms with van der Waals surface area (Å²) in [5, 5.41) is 4.67. The SMILES string of the molecule is CCCOc1ccc(C2NCC(C)S2)cc1. The first-order valence-electron chi connectivity index (χ1n) is 5.91. The number of hydrogen-bond donors (Lipinski definition) is 1. The van der Waals surface area contributed by atoms with Crippen LogP contribution in [0.2, 0.25) is 0 Å². The van der Waals surface area contributed by atoms with E-state index in [0.717, 1.165) is 25.3 Å². The van der Waals surface area contributed by atoms with Crippen molar-refractivity contribution in [3.63, 3.8) is 0 Å². The molecular formula is C13H19NOS. The van der Waals surface area contributed by atoms with Crippen molar-refractivity contribution in [1.29, 1.82) is 0 Å². The molecule has 2 unspecified atom stereocenters. The van der Waals surface area contributed by atoms with Crippen LogP contribution in [0.4, 0.5) is 0 Å². The highest BCUT2D eigenvalue weighted by Crippen LogP contribution is 2.35. The van der Waals surface area contributed by atoms with E-state index in [-0.39, 0.29) is 0 Å². The lowest BCUT2D eigenvalue weighted by Crippen LogP contribution is -2.13. The van der Waals surface area contributed by atoms with E-state index in [2.05, 4.69) is 43.4 Å². The van der Waals surface area contributed by atoms with E-state index in [0.29, 0.717) is 10.6 Å². The molecule has 1 aliphatic rings. The van der Waals surface area contributed by atoms with Crippen molar-refractivity contribution < 1.29 is 4.74 Å². The molecule has 1 aromatic carbocycles. The zero-order valence-electron chi connectivity index (χ0n) is 9.90. The Hall–Kier alpha value is -0.670. The summed E-state index contributed by atoms with van der Waals surface area (Å²) in [5.74, 6) is 0.974. The van der Waals surface area contributed by atoms with Crippen molar-refractivity contribution in [1.82, 2.24) is 5.32 Å². The topological polar surface area (TPSA) is 21.3 Å². The van der Waals surface area contributed by atoms with Crippen LogP contribution in [0.5, 0.6) is 5.75 Å². The maximum Gasteiger partial charge on any atom is 0.119 e. The van der Waals surface area contributed by atoms with Crippen LogP contribution in [0, 0.1) is 0 Å². The first-order chi connectivity index (χ1) is 7.79. The van der Waals surface area contributed by atoms with Gasteiger partial charge in [0.1, 0.15) is 5.75 Å². The van der Waals surface area contributed by atoms with Gasteiger partial charge in [-0.3, -0.25) is 0 Å². The van der Waals surface area contributed by atoms with Crippen LogP contribution in [0.1, 0.15) is 31.2 Å². The first kappa shape index (κ1) is 11.8. The van der Waals surface area contributed by atoms with Gasteiger partial charge in [-0.25, -0.2) is 0 Å². The molecule has 1 saturated heterocycles. The smallest absolute Gasteiger partial charge is 0.119 e. The maximum absolute atomic E-state index is 5.57. The highest BCUT2D eigenvalue weighted by molar-refractivity contribution is 8.00. The molecule has 0 saturated carbocycles. The predicted octanol–water partition coefficient (Wildman–Crippen LogP) is 3.20. The average molecular weight is 237 g/mol. The number of rotatable bonds is 4. The van der Waals surface area contributed by atoms with Crippen LogP contribution in [0.25, 0.3) is 0 Å². The Morgan fingerprint density at radius 2 is 2.12 bits per heavy atom. The third kappa shape index (κ3) is 2.92. The van der Waals surface area contributed by atoms with Crippen molar-refractivity contribution in [2.75, 3.05) is 13.2 Å². The predicted molar refractivity (Wildman–Crippen MR) is 70.0 cm³/mol. The molecule has 0 spiro atoms. The van der Waals surface area contributed by atoms with Gasteiger partial charge in [0.2, 0.25) is 0 Å². The number of benzene rings is 1. The van der Waals surface area contributed by atoms with E-state index < -0.39 is 0 Å². The van der Waals surface area contributed by atoms with Gasteiger partial charge >= 0.3 is 0 Å². The Morgan fingerprint density at radius 1 is 1.38 bits per heavy atom. The molecule has 1 fully saturated rings. The standard InChI is InChI=1S/C13H19NOS/c1-3-8-15-12-6-4-11(5-7-12)13-14-9-10(2)16-13/h4-7,10,13-14H,3,8-9H2,1-2H3. The zero-order valence-corrected chi connectivity index (χ0v) is 10.7. The molecule has 1 N–H and O–H groups in total. The van der Waals surface area contributed by atoms with Crippen LogP contribution >= 0.6 is 11.8 Å². The summed E-state index contributed by atoms with van der Waals surface area (Å²) in [6, 6.07) is 8.45. The minimum Gasteiger partial charge on any atom is -0.494 e. The van der Waals surface area contributed by atoms with Crippen molar-refractivity contribution in [2.45, 2.75) is 30.9 Å². The van der Waals surface area contributed by atoms with E-state index in [1.807, 2.05) is 11.8 Å². The molecule has 0 bridgehead atoms. The fourth-order valence-corrected chi connectivity index (χ4v) is 2.92. The Bertz CT molecular complexity index is 325. The van der Waals surface area contributed by atoms with E-state index in [1.54, 1.807) is 0 Å². The second-order valence-electron chi connectivity index (χ2n) is 4.15. The van der Waals surface area contributed by atoms with E-state index >= 15 is 0 Å². The van der Waals surface area contributed by atoms with Gasteiger partial charge in [-0.1, -0.05) is 26.0 Å². The lowest BCUT2D eigenvalue weighted by atomic mass is 10.2. The van der Waals surface area contributed by atoms with Gasteiger partial charge < -0.3 is 10.1 Å². The Morgan fingerprint density at radius 3 is 2.69 bits per heavy atom. The minimum absolute atomic E-state index is 0.454. The van der Waals surface area contributed by atoms with Gasteiger partial charge in [0.05, 0.1) is 12.0 Å². The molecule has 0 radical (unpaired) electrons. The normalized spacial score (nSPS) is 24.6. The number of thioether (sulfide) groups is 1. The molecule has 88 valence electrons. The molecule has 2 atom stereocenters. The van der Waals surface area contributed by atoms with E-state index in [9.17, 15) is 0 Å². The van der Waals surface area contributed by atoms with E-state index in [1.165, 1.54) is 5.56 Å². The lowest BCUT2D eigenvalue weighted by molar-refractivity contribution is 0.317. The lowest BCUT2D eigenvalue weighted by Gasteiger charge is -2.11. The van der Waals surface area contributed by atoms with Gasteiger partial charge in [0, 0.05) is 11.8 Å². The molecular weight excluding hydrogens is 218 g/mol. The Balaban J connectivity index is 1.96. The molecule has 0 amide bonds. The molecule has 16 heavy (non-hydrogen) atoms. The summed E-state index contributed by atoms with van der Waals surface area (Å²) in [5.41, 5.74) is 1.35. The van der Waals surface area contributed by atoms with Gasteiger partial charge in [0.15, 0.2) is 0 Å². The van der Waals surface area contributed by atoms with Crippen LogP contribution in [-0.2, 0) is 0 Å². The summed E-state index contributed by atoms with van der Waals surface area (Å²) in [4.78, 5) is 0. The number of ether oxygens (including phenoxy) is 1. The van der Waals surface area contributed by atoms with Gasteiger partial charge in [-0.2, -0.15) is 0 Å². The molecule has 2 rings (SSSR count). The minimum atomic E-state index is 0.454. The summed E-state index contributed by atoms with van der Waals surface area (Å²) in [6.07, 6.45) is 1.05. The largest absolute Gasteiger partial charge is 0.494 e. The van der Waals surface area contributed by atoms with Gasteiger partial charge in [-0.05, 0) is 24.1 Å². The third-order valence-electron chi connectivity index (χ3n) is 2.61. The highest BCUT2D eigenvalue weighted by atomic mass is 32.2. The molecule has 0 aromatic heterocycles. The van der Waals surface area contributed by atoms with Crippen LogP contribution in [0.3, 0.4) is 0 Å². The molecule has 1 heterocycles. The van der Waals surface area contributed by atoms with Gasteiger partial charge in [0.25, 0.3) is 0 Å². The summed E-state index contributed by atoms with van der Waals surface area (Å²) in [6.45, 7) is 6.28. The first-order valence-corrected chi connectivity index (χ1v) is 6.85. The highest BCUT2D eigenvalue weighted by Gasteiger charge is 2.22. The molecule has 2 nitrogen and oxygen atoms in total. The summed E-state index contributed by atoms with van der Waals surface area (Å²) < 4.78 is 5.57. The monoisotopic (exact) mass is 237 g/mol. The van der Waals surface area contributed by atoms with Crippen molar-refractivity contribution in [2.24, 2.45) is 0 Å². The van der Waals surface area contributed by atoms with Crippen LogP contribution in [0.15, 0.2) is 24.3 Å². The molecule has 1 aliphatic heterocycles. The average Bonchev–Trinajstić information content (AvgIpc) is 2.74. The molecule has 3 heteroatoms. The zero-order chi connectivity index (χ0) is 11.4. The maximum atomic E-state index is 5.57.